The summed E-state index contributed by atoms with van der Waals surface area (Å²) in [4.78, 5) is 34.6. The first kappa shape index (κ1) is 21.1. The molecule has 0 aliphatic heterocycles. The van der Waals surface area contributed by atoms with Crippen molar-refractivity contribution in [3.05, 3.63) is 0 Å². The third-order valence-corrected chi connectivity index (χ3v) is 3.08. The van der Waals surface area contributed by atoms with E-state index in [0.717, 1.165) is 6.42 Å². The number of carboxylic acid groups (broad SMARTS) is 1. The fourth-order valence-corrected chi connectivity index (χ4v) is 1.71. The molecule has 0 heterocycles. The second kappa shape index (κ2) is 12.7. The Labute approximate surface area is 135 Å². The van der Waals surface area contributed by atoms with Crippen LogP contribution in [0.25, 0.3) is 0 Å². The van der Waals surface area contributed by atoms with Gasteiger partial charge in [0.2, 0.25) is 5.91 Å². The predicted molar refractivity (Wildman–Crippen MR) is 82.7 cm³/mol. The van der Waals surface area contributed by atoms with E-state index in [9.17, 15) is 14.4 Å². The van der Waals surface area contributed by atoms with Gasteiger partial charge in [0.25, 0.3) is 0 Å². The number of amides is 2. The van der Waals surface area contributed by atoms with E-state index in [-0.39, 0.29) is 6.61 Å². The molecular formula is C14H27N3O6. The Morgan fingerprint density at radius 2 is 1.83 bits per heavy atom. The third-order valence-electron chi connectivity index (χ3n) is 3.08. The number of aliphatic hydroxyl groups excluding tert-OH is 1. The van der Waals surface area contributed by atoms with Gasteiger partial charge in [-0.1, -0.05) is 13.3 Å². The minimum atomic E-state index is -1.42. The maximum absolute atomic E-state index is 12.1. The van der Waals surface area contributed by atoms with Gasteiger partial charge in [0.1, 0.15) is 12.1 Å². The molecule has 0 saturated carbocycles. The number of hydrogen-bond donors (Lipinski definition) is 5. The molecule has 0 aliphatic rings. The molecule has 0 rings (SSSR count). The first-order valence-electron chi connectivity index (χ1n) is 7.73. The van der Waals surface area contributed by atoms with Crippen LogP contribution in [-0.2, 0) is 14.3 Å². The van der Waals surface area contributed by atoms with Crippen molar-refractivity contribution < 1.29 is 29.3 Å². The highest BCUT2D eigenvalue weighted by Gasteiger charge is 2.26. The van der Waals surface area contributed by atoms with E-state index in [2.05, 4.69) is 10.6 Å². The Morgan fingerprint density at radius 3 is 2.35 bits per heavy atom. The lowest BCUT2D eigenvalue weighted by Crippen LogP contribution is -2.52. The fourth-order valence-electron chi connectivity index (χ4n) is 1.71. The normalized spacial score (nSPS) is 13.0. The highest BCUT2D eigenvalue weighted by Crippen LogP contribution is 2.03. The fraction of sp³-hybridized carbons (Fsp3) is 0.786. The number of rotatable bonds is 12. The van der Waals surface area contributed by atoms with Crippen molar-refractivity contribution in [3.8, 4) is 0 Å². The van der Waals surface area contributed by atoms with Gasteiger partial charge in [-0.15, -0.1) is 0 Å². The predicted octanol–water partition coefficient (Wildman–Crippen LogP) is -0.428. The molecule has 0 radical (unpaired) electrons. The maximum Gasteiger partial charge on any atom is 0.407 e. The summed E-state index contributed by atoms with van der Waals surface area (Å²) in [5.41, 5.74) is 5.39. The lowest BCUT2D eigenvalue weighted by molar-refractivity contribution is -0.143. The van der Waals surface area contributed by atoms with Crippen LogP contribution in [0.3, 0.4) is 0 Å². The van der Waals surface area contributed by atoms with E-state index < -0.39 is 36.7 Å². The van der Waals surface area contributed by atoms with Gasteiger partial charge in [-0.05, 0) is 32.2 Å². The van der Waals surface area contributed by atoms with Crippen LogP contribution in [-0.4, -0.2) is 60.0 Å². The van der Waals surface area contributed by atoms with Crippen molar-refractivity contribution in [1.82, 2.24) is 10.6 Å². The van der Waals surface area contributed by atoms with E-state index in [1.807, 2.05) is 6.92 Å². The van der Waals surface area contributed by atoms with Crippen LogP contribution in [0.5, 0.6) is 0 Å². The molecule has 0 fully saturated rings. The van der Waals surface area contributed by atoms with Gasteiger partial charge >= 0.3 is 12.1 Å². The van der Waals surface area contributed by atoms with Crippen molar-refractivity contribution >= 4 is 18.0 Å². The lowest BCUT2D eigenvalue weighted by Gasteiger charge is -2.20. The average Bonchev–Trinajstić information content (AvgIpc) is 2.51. The van der Waals surface area contributed by atoms with Crippen molar-refractivity contribution in [1.29, 1.82) is 0 Å². The van der Waals surface area contributed by atoms with Gasteiger partial charge in [0.15, 0.2) is 0 Å². The summed E-state index contributed by atoms with van der Waals surface area (Å²) < 4.78 is 4.93. The molecule has 9 heteroatoms. The Kier molecular flexibility index (Phi) is 11.6. The highest BCUT2D eigenvalue weighted by atomic mass is 16.5. The van der Waals surface area contributed by atoms with Crippen LogP contribution in [0.15, 0.2) is 0 Å². The molecule has 0 saturated heterocycles. The lowest BCUT2D eigenvalue weighted by atomic mass is 10.1. The summed E-state index contributed by atoms with van der Waals surface area (Å²) in [5, 5.41) is 22.4. The minimum absolute atomic E-state index is 0.244. The molecule has 0 aliphatic carbocycles. The number of hydrogen-bond acceptors (Lipinski definition) is 6. The Bertz CT molecular complexity index is 378. The van der Waals surface area contributed by atoms with Gasteiger partial charge in [0, 0.05) is 0 Å². The van der Waals surface area contributed by atoms with Crippen molar-refractivity contribution in [2.24, 2.45) is 5.73 Å². The summed E-state index contributed by atoms with van der Waals surface area (Å²) in [7, 11) is 0. The molecule has 0 unspecified atom stereocenters. The van der Waals surface area contributed by atoms with E-state index in [4.69, 9.17) is 20.7 Å². The van der Waals surface area contributed by atoms with Crippen LogP contribution < -0.4 is 16.4 Å². The first-order valence-corrected chi connectivity index (χ1v) is 7.73. The second-order valence-electron chi connectivity index (χ2n) is 5.05. The van der Waals surface area contributed by atoms with Crippen LogP contribution >= 0.6 is 0 Å². The van der Waals surface area contributed by atoms with E-state index in [1.165, 1.54) is 0 Å². The molecular weight excluding hydrogens is 306 g/mol. The summed E-state index contributed by atoms with van der Waals surface area (Å²) in [6.45, 7) is 1.90. The second-order valence-corrected chi connectivity index (χ2v) is 5.05. The van der Waals surface area contributed by atoms with Crippen molar-refractivity contribution in [3.63, 3.8) is 0 Å². The van der Waals surface area contributed by atoms with Gasteiger partial charge in [0.05, 0.1) is 13.2 Å². The van der Waals surface area contributed by atoms with Gasteiger partial charge in [-0.3, -0.25) is 4.79 Å². The Balaban J connectivity index is 4.61. The van der Waals surface area contributed by atoms with Crippen LogP contribution in [0.4, 0.5) is 4.79 Å². The van der Waals surface area contributed by atoms with Gasteiger partial charge < -0.3 is 31.3 Å². The quantitative estimate of drug-likeness (QED) is 0.304. The third kappa shape index (κ3) is 9.69. The zero-order valence-corrected chi connectivity index (χ0v) is 13.4. The number of aliphatic hydroxyl groups is 1. The molecule has 134 valence electrons. The summed E-state index contributed by atoms with van der Waals surface area (Å²) in [5.74, 6) is -2.04. The van der Waals surface area contributed by atoms with Crippen LogP contribution in [0, 0.1) is 0 Å². The molecule has 0 bridgehead atoms. The van der Waals surface area contributed by atoms with Crippen molar-refractivity contribution in [2.75, 3.05) is 19.8 Å². The number of carbonyl (C=O) groups is 3. The number of carboxylic acids is 1. The SMILES string of the molecule is CCCCOC(=O)N[C@@H](CCCCN)C(=O)N[C@@H](CO)C(=O)O. The van der Waals surface area contributed by atoms with E-state index >= 15 is 0 Å². The Hall–Kier alpha value is -1.87. The maximum atomic E-state index is 12.1. The molecule has 2 amide bonds. The van der Waals surface area contributed by atoms with Gasteiger partial charge in [-0.2, -0.15) is 0 Å². The molecule has 0 aromatic heterocycles. The molecule has 0 spiro atoms. The summed E-state index contributed by atoms with van der Waals surface area (Å²) in [6.07, 6.45) is 2.39. The Morgan fingerprint density at radius 1 is 1.13 bits per heavy atom. The number of alkyl carbamates (subject to hydrolysis) is 1. The number of unbranched alkanes of at least 4 members (excludes halogenated alkanes) is 2. The molecule has 2 atom stereocenters. The van der Waals surface area contributed by atoms with Crippen LogP contribution in [0.2, 0.25) is 0 Å². The molecule has 9 nitrogen and oxygen atoms in total. The van der Waals surface area contributed by atoms with Gasteiger partial charge in [-0.25, -0.2) is 9.59 Å². The summed E-state index contributed by atoms with van der Waals surface area (Å²) in [6, 6.07) is -2.36. The zero-order chi connectivity index (χ0) is 17.7. The first-order chi connectivity index (χ1) is 11.0. The molecule has 0 aromatic rings. The number of carbonyl (C=O) groups excluding carboxylic acids is 2. The smallest absolute Gasteiger partial charge is 0.407 e. The van der Waals surface area contributed by atoms with Crippen molar-refractivity contribution in [2.45, 2.75) is 51.1 Å². The zero-order valence-electron chi connectivity index (χ0n) is 13.4. The largest absolute Gasteiger partial charge is 0.480 e. The number of ether oxygens (including phenoxy) is 1. The minimum Gasteiger partial charge on any atom is -0.480 e. The topological polar surface area (TPSA) is 151 Å². The monoisotopic (exact) mass is 333 g/mol. The summed E-state index contributed by atoms with van der Waals surface area (Å²) >= 11 is 0. The van der Waals surface area contributed by atoms with Crippen LogP contribution in [0.1, 0.15) is 39.0 Å². The molecule has 0 aromatic carbocycles. The standard InChI is InChI=1S/C14H27N3O6/c1-2-3-8-23-14(22)17-10(6-4-5-7-15)12(19)16-11(9-18)13(20)21/h10-11,18H,2-9,15H2,1H3,(H,16,19)(H,17,22)(H,20,21)/t10-,11-/m0/s1. The number of nitrogens with one attached hydrogen (secondary N) is 2. The molecule has 6 N–H and O–H groups in total. The average molecular weight is 333 g/mol. The van der Waals surface area contributed by atoms with E-state index in [1.54, 1.807) is 0 Å². The number of nitrogens with two attached hydrogens (primary N) is 1. The molecule has 23 heavy (non-hydrogen) atoms. The van der Waals surface area contributed by atoms with E-state index in [0.29, 0.717) is 32.2 Å². The number of aliphatic carboxylic acids is 1. The highest BCUT2D eigenvalue weighted by molar-refractivity contribution is 5.89.